The fourth-order valence-electron chi connectivity index (χ4n) is 7.26. The van der Waals surface area contributed by atoms with E-state index in [4.69, 9.17) is 0 Å². The van der Waals surface area contributed by atoms with Crippen LogP contribution >= 0.6 is 0 Å². The number of hydrogen-bond donors (Lipinski definition) is 2. The number of rotatable bonds is 2. The summed E-state index contributed by atoms with van der Waals surface area (Å²) in [6.45, 7) is 1.76. The van der Waals surface area contributed by atoms with Crippen LogP contribution in [0.2, 0.25) is 0 Å². The first-order chi connectivity index (χ1) is 11.0. The summed E-state index contributed by atoms with van der Waals surface area (Å²) >= 11 is 0. The molecule has 130 valence electrons. The van der Waals surface area contributed by atoms with Gasteiger partial charge in [-0.2, -0.15) is 0 Å². The van der Waals surface area contributed by atoms with Crippen LogP contribution in [0, 0.1) is 41.4 Å². The molecule has 0 aromatic carbocycles. The minimum atomic E-state index is -0.433. The smallest absolute Gasteiger partial charge is 0.161 e. The predicted molar refractivity (Wildman–Crippen MR) is 88.7 cm³/mol. The van der Waals surface area contributed by atoms with E-state index in [-0.39, 0.29) is 18.3 Å². The maximum Gasteiger partial charge on any atom is 0.161 e. The Morgan fingerprint density at radius 2 is 1.52 bits per heavy atom. The minimum absolute atomic E-state index is 0.0957. The molecule has 0 unspecified atom stereocenters. The van der Waals surface area contributed by atoms with E-state index in [9.17, 15) is 15.0 Å². The number of hydrogen-bond acceptors (Lipinski definition) is 3. The van der Waals surface area contributed by atoms with Gasteiger partial charge in [-0.1, -0.05) is 0 Å². The van der Waals surface area contributed by atoms with Crippen LogP contribution in [0.1, 0.15) is 64.7 Å². The van der Waals surface area contributed by atoms with E-state index in [1.165, 1.54) is 38.5 Å². The molecule has 4 fully saturated rings. The SMILES string of the molecule is C[C@@]1(O)CC[C@H]2[C@H](CC[C@@H]3[C@@H]2CC[C@H]2[C@H]3CC[C@@H]2C(=O)CO)C1. The van der Waals surface area contributed by atoms with Crippen molar-refractivity contribution < 1.29 is 15.0 Å². The molecule has 23 heavy (non-hydrogen) atoms. The van der Waals surface area contributed by atoms with Crippen LogP contribution in [0.25, 0.3) is 0 Å². The van der Waals surface area contributed by atoms with E-state index >= 15 is 0 Å². The highest BCUT2D eigenvalue weighted by Gasteiger charge is 2.53. The lowest BCUT2D eigenvalue weighted by Gasteiger charge is -2.54. The third kappa shape index (κ3) is 2.68. The summed E-state index contributed by atoms with van der Waals surface area (Å²) in [4.78, 5) is 12.1. The van der Waals surface area contributed by atoms with Crippen LogP contribution in [-0.4, -0.2) is 28.2 Å². The number of carbonyl (C=O) groups excluding carboxylic acids is 1. The second-order valence-corrected chi connectivity index (χ2v) is 9.28. The lowest BCUT2D eigenvalue weighted by atomic mass is 9.52. The molecule has 2 N–H and O–H groups in total. The van der Waals surface area contributed by atoms with Crippen molar-refractivity contribution in [3.8, 4) is 0 Å². The first-order valence-electron chi connectivity index (χ1n) is 9.86. The van der Waals surface area contributed by atoms with E-state index in [0.29, 0.717) is 5.92 Å². The zero-order valence-electron chi connectivity index (χ0n) is 14.4. The van der Waals surface area contributed by atoms with Gasteiger partial charge in [0.2, 0.25) is 0 Å². The topological polar surface area (TPSA) is 57.5 Å². The molecule has 4 rings (SSSR count). The summed E-state index contributed by atoms with van der Waals surface area (Å²) in [6.07, 6.45) is 10.5. The van der Waals surface area contributed by atoms with Gasteiger partial charge in [-0.25, -0.2) is 0 Å². The number of fused-ring (bicyclic) bond motifs is 5. The van der Waals surface area contributed by atoms with Gasteiger partial charge in [0.25, 0.3) is 0 Å². The van der Waals surface area contributed by atoms with Gasteiger partial charge in [0.15, 0.2) is 5.78 Å². The van der Waals surface area contributed by atoms with Gasteiger partial charge in [-0.15, -0.1) is 0 Å². The lowest BCUT2D eigenvalue weighted by molar-refractivity contribution is -0.128. The molecule has 0 radical (unpaired) electrons. The molecule has 0 aromatic heterocycles. The van der Waals surface area contributed by atoms with Gasteiger partial charge in [0.05, 0.1) is 5.60 Å². The Hall–Kier alpha value is -0.410. The third-order valence-corrected chi connectivity index (χ3v) is 8.12. The largest absolute Gasteiger partial charge is 0.390 e. The summed E-state index contributed by atoms with van der Waals surface area (Å²) in [6, 6.07) is 0. The van der Waals surface area contributed by atoms with Crippen molar-refractivity contribution in [3.05, 3.63) is 0 Å². The molecule has 0 bridgehead atoms. The second-order valence-electron chi connectivity index (χ2n) is 9.28. The zero-order valence-corrected chi connectivity index (χ0v) is 14.4. The number of aliphatic hydroxyl groups excluding tert-OH is 1. The standard InChI is InChI=1S/C20H32O3/c1-20(23)9-8-13-12(10-20)2-3-15-14(13)4-5-17-16(15)6-7-18(17)19(22)11-21/h12-18,21,23H,2-11H2,1H3/t12-,13+,14-,15-,16+,17+,18+,20-/m1/s1. The van der Waals surface area contributed by atoms with Crippen molar-refractivity contribution >= 4 is 5.78 Å². The summed E-state index contributed by atoms with van der Waals surface area (Å²) in [5, 5.41) is 19.7. The summed E-state index contributed by atoms with van der Waals surface area (Å²) in [7, 11) is 0. The maximum absolute atomic E-state index is 12.1. The molecule has 3 heteroatoms. The molecule has 0 aromatic rings. The third-order valence-electron chi connectivity index (χ3n) is 8.12. The second kappa shape index (κ2) is 5.84. The summed E-state index contributed by atoms with van der Waals surface area (Å²) in [5.74, 6) is 4.74. The molecule has 8 atom stereocenters. The molecule has 4 saturated carbocycles. The molecule has 0 aliphatic heterocycles. The Bertz CT molecular complexity index is 472. The van der Waals surface area contributed by atoms with Crippen molar-refractivity contribution in [1.82, 2.24) is 0 Å². The van der Waals surface area contributed by atoms with Crippen LogP contribution in [0.3, 0.4) is 0 Å². The van der Waals surface area contributed by atoms with Crippen LogP contribution in [0.5, 0.6) is 0 Å². The molecule has 0 amide bonds. The maximum atomic E-state index is 12.1. The monoisotopic (exact) mass is 320 g/mol. The number of aliphatic hydroxyl groups is 2. The fraction of sp³-hybridized carbons (Fsp3) is 0.950. The number of Topliss-reactive ketones (excluding diaryl/α,β-unsaturated/α-hetero) is 1. The van der Waals surface area contributed by atoms with Gasteiger partial charge in [0, 0.05) is 5.92 Å². The lowest BCUT2D eigenvalue weighted by Crippen LogP contribution is -2.48. The Morgan fingerprint density at radius 1 is 0.913 bits per heavy atom. The van der Waals surface area contributed by atoms with Crippen molar-refractivity contribution in [3.63, 3.8) is 0 Å². The molecule has 0 spiro atoms. The van der Waals surface area contributed by atoms with Crippen molar-refractivity contribution in [1.29, 1.82) is 0 Å². The highest BCUT2D eigenvalue weighted by Crippen LogP contribution is 2.59. The molecule has 3 nitrogen and oxygen atoms in total. The molecule has 0 saturated heterocycles. The van der Waals surface area contributed by atoms with Crippen LogP contribution in [0.4, 0.5) is 0 Å². The van der Waals surface area contributed by atoms with E-state index in [0.717, 1.165) is 48.9 Å². The Balaban J connectivity index is 1.49. The van der Waals surface area contributed by atoms with E-state index in [1.807, 2.05) is 6.92 Å². The fourth-order valence-corrected chi connectivity index (χ4v) is 7.26. The predicted octanol–water partition coefficient (Wildman–Crippen LogP) is 3.18. The van der Waals surface area contributed by atoms with Crippen LogP contribution in [-0.2, 0) is 4.79 Å². The first kappa shape index (κ1) is 16.1. The molecular weight excluding hydrogens is 288 g/mol. The van der Waals surface area contributed by atoms with Crippen LogP contribution in [0.15, 0.2) is 0 Å². The number of carbonyl (C=O) groups is 1. The Morgan fingerprint density at radius 3 is 2.30 bits per heavy atom. The normalized spacial score (nSPS) is 52.4. The van der Waals surface area contributed by atoms with Crippen LogP contribution < -0.4 is 0 Å². The molecular formula is C20H32O3. The van der Waals surface area contributed by atoms with Gasteiger partial charge in [-0.3, -0.25) is 4.79 Å². The molecule has 4 aliphatic carbocycles. The summed E-state index contributed by atoms with van der Waals surface area (Å²) < 4.78 is 0. The minimum Gasteiger partial charge on any atom is -0.390 e. The van der Waals surface area contributed by atoms with Gasteiger partial charge in [-0.05, 0) is 100 Å². The highest BCUT2D eigenvalue weighted by atomic mass is 16.3. The zero-order chi connectivity index (χ0) is 16.2. The van der Waals surface area contributed by atoms with Crippen molar-refractivity contribution in [2.24, 2.45) is 41.4 Å². The Labute approximate surface area is 139 Å². The van der Waals surface area contributed by atoms with Crippen molar-refractivity contribution in [2.45, 2.75) is 70.3 Å². The van der Waals surface area contributed by atoms with Crippen molar-refractivity contribution in [2.75, 3.05) is 6.61 Å². The van der Waals surface area contributed by atoms with Gasteiger partial charge in [0.1, 0.15) is 6.61 Å². The Kier molecular flexibility index (Phi) is 4.08. The van der Waals surface area contributed by atoms with Gasteiger partial charge < -0.3 is 10.2 Å². The van der Waals surface area contributed by atoms with Gasteiger partial charge >= 0.3 is 0 Å². The highest BCUT2D eigenvalue weighted by molar-refractivity contribution is 5.82. The number of ketones is 1. The average molecular weight is 320 g/mol. The molecule has 4 aliphatic rings. The van der Waals surface area contributed by atoms with E-state index < -0.39 is 5.60 Å². The molecule has 0 heterocycles. The van der Waals surface area contributed by atoms with E-state index in [2.05, 4.69) is 0 Å². The van der Waals surface area contributed by atoms with E-state index in [1.54, 1.807) is 0 Å². The summed E-state index contributed by atoms with van der Waals surface area (Å²) in [5.41, 5.74) is -0.433. The average Bonchev–Trinajstić information content (AvgIpc) is 2.96. The first-order valence-corrected chi connectivity index (χ1v) is 9.86. The quantitative estimate of drug-likeness (QED) is 0.821.